The quantitative estimate of drug-likeness (QED) is 0.618. The van der Waals surface area contributed by atoms with E-state index in [1.807, 2.05) is 4.90 Å². The van der Waals surface area contributed by atoms with Crippen LogP contribution in [0.4, 0.5) is 0 Å². The van der Waals surface area contributed by atoms with Crippen LogP contribution in [0.5, 0.6) is 0 Å². The Morgan fingerprint density at radius 1 is 1.32 bits per heavy atom. The van der Waals surface area contributed by atoms with Gasteiger partial charge in [-0.2, -0.15) is 0 Å². The summed E-state index contributed by atoms with van der Waals surface area (Å²) in [6, 6.07) is 7.66. The molecule has 0 radical (unpaired) electrons. The number of oxazole rings is 1. The molecule has 1 aromatic heterocycles. The summed E-state index contributed by atoms with van der Waals surface area (Å²) < 4.78 is 4.88. The molecule has 0 atom stereocenters. The van der Waals surface area contributed by atoms with Gasteiger partial charge in [0.15, 0.2) is 5.58 Å². The number of fused-ring (bicyclic) bond motifs is 1. The number of carbonyl (C=O) groups excluding carboxylic acids is 1. The number of aromatic nitrogens is 1. The van der Waals surface area contributed by atoms with E-state index in [-0.39, 0.29) is 5.78 Å². The molecular weight excluding hydrogens is 244 g/mol. The van der Waals surface area contributed by atoms with Crippen LogP contribution in [0.25, 0.3) is 11.1 Å². The van der Waals surface area contributed by atoms with E-state index in [9.17, 15) is 9.59 Å². The van der Waals surface area contributed by atoms with Gasteiger partial charge >= 0.3 is 5.76 Å². The Bertz CT molecular complexity index is 739. The van der Waals surface area contributed by atoms with Crippen molar-refractivity contribution in [2.45, 2.75) is 12.8 Å². The summed E-state index contributed by atoms with van der Waals surface area (Å²) in [5.41, 5.74) is 1.41. The first-order valence-electron chi connectivity index (χ1n) is 6.16. The van der Waals surface area contributed by atoms with Crippen LogP contribution in [0, 0.1) is 12.0 Å². The summed E-state index contributed by atoms with van der Waals surface area (Å²) in [6.45, 7) is 1.85. The molecule has 0 unspecified atom stereocenters. The molecule has 1 N–H and O–H groups in total. The minimum atomic E-state index is -0.525. The van der Waals surface area contributed by atoms with E-state index in [0.717, 1.165) is 25.9 Å². The Morgan fingerprint density at radius 2 is 2.11 bits per heavy atom. The molecule has 1 fully saturated rings. The second-order valence-electron chi connectivity index (χ2n) is 4.49. The molecule has 0 saturated carbocycles. The molecule has 0 spiro atoms. The Kier molecular flexibility index (Phi) is 2.84. The predicted octanol–water partition coefficient (Wildman–Crippen LogP) is 1.36. The van der Waals surface area contributed by atoms with Crippen molar-refractivity contribution in [3.8, 4) is 12.0 Å². The molecule has 1 aliphatic rings. The van der Waals surface area contributed by atoms with Gasteiger partial charge in [0.1, 0.15) is 0 Å². The van der Waals surface area contributed by atoms with Crippen molar-refractivity contribution in [2.75, 3.05) is 13.1 Å². The van der Waals surface area contributed by atoms with Crippen LogP contribution in [-0.4, -0.2) is 28.8 Å². The summed E-state index contributed by atoms with van der Waals surface area (Å²) >= 11 is 0. The van der Waals surface area contributed by atoms with E-state index < -0.39 is 5.76 Å². The topological polar surface area (TPSA) is 66.3 Å². The summed E-state index contributed by atoms with van der Waals surface area (Å²) in [5, 5.41) is 0. The third kappa shape index (κ3) is 2.38. The normalized spacial score (nSPS) is 14.4. The number of ketones is 1. The van der Waals surface area contributed by atoms with E-state index in [1.54, 1.807) is 18.2 Å². The molecule has 19 heavy (non-hydrogen) atoms. The average molecular weight is 256 g/mol. The summed E-state index contributed by atoms with van der Waals surface area (Å²) in [7, 11) is 0. The van der Waals surface area contributed by atoms with Gasteiger partial charge in [-0.15, -0.1) is 0 Å². The highest BCUT2D eigenvalue weighted by Crippen LogP contribution is 2.12. The van der Waals surface area contributed by atoms with Gasteiger partial charge in [0.25, 0.3) is 0 Å². The number of carbonyl (C=O) groups is 1. The molecule has 1 aromatic carbocycles. The third-order valence-electron chi connectivity index (χ3n) is 3.11. The highest BCUT2D eigenvalue weighted by molar-refractivity contribution is 6.10. The Labute approximate surface area is 109 Å². The molecule has 1 saturated heterocycles. The van der Waals surface area contributed by atoms with E-state index in [1.165, 1.54) is 0 Å². The Morgan fingerprint density at radius 3 is 2.89 bits per heavy atom. The molecule has 5 heteroatoms. The second kappa shape index (κ2) is 4.65. The zero-order chi connectivity index (χ0) is 13.2. The van der Waals surface area contributed by atoms with Gasteiger partial charge in [0, 0.05) is 24.7 Å². The van der Waals surface area contributed by atoms with Gasteiger partial charge in [-0.05, 0) is 37.0 Å². The van der Waals surface area contributed by atoms with Gasteiger partial charge in [0.2, 0.25) is 5.78 Å². The molecule has 96 valence electrons. The molecule has 5 nitrogen and oxygen atoms in total. The fourth-order valence-electron chi connectivity index (χ4n) is 2.12. The van der Waals surface area contributed by atoms with Crippen molar-refractivity contribution in [2.24, 2.45) is 0 Å². The van der Waals surface area contributed by atoms with Crippen LogP contribution in [0.15, 0.2) is 27.4 Å². The number of likely N-dealkylation sites (tertiary alicyclic amines) is 1. The highest BCUT2D eigenvalue weighted by Gasteiger charge is 2.09. The maximum atomic E-state index is 11.9. The van der Waals surface area contributed by atoms with Crippen molar-refractivity contribution in [1.29, 1.82) is 0 Å². The van der Waals surface area contributed by atoms with E-state index in [2.05, 4.69) is 16.9 Å². The van der Waals surface area contributed by atoms with E-state index in [4.69, 9.17) is 4.42 Å². The van der Waals surface area contributed by atoms with Gasteiger partial charge in [-0.25, -0.2) is 4.79 Å². The molecule has 0 aliphatic carbocycles. The number of nitrogens with zero attached hydrogens (tertiary/aromatic N) is 1. The lowest BCUT2D eigenvalue weighted by molar-refractivity contribution is 0.105. The van der Waals surface area contributed by atoms with E-state index >= 15 is 0 Å². The Balaban J connectivity index is 1.86. The molecule has 2 aromatic rings. The number of H-pyrrole nitrogens is 1. The fraction of sp³-hybridized carbons (Fsp3) is 0.286. The van der Waals surface area contributed by atoms with Crippen molar-refractivity contribution >= 4 is 16.9 Å². The fourth-order valence-corrected chi connectivity index (χ4v) is 2.12. The van der Waals surface area contributed by atoms with Crippen LogP contribution in [0.2, 0.25) is 0 Å². The third-order valence-corrected chi connectivity index (χ3v) is 3.11. The molecule has 3 rings (SSSR count). The summed E-state index contributed by atoms with van der Waals surface area (Å²) in [5.74, 6) is 1.85. The van der Waals surface area contributed by atoms with Crippen molar-refractivity contribution < 1.29 is 9.21 Å². The highest BCUT2D eigenvalue weighted by atomic mass is 16.4. The van der Waals surface area contributed by atoms with Crippen molar-refractivity contribution in [1.82, 2.24) is 9.88 Å². The predicted molar refractivity (Wildman–Crippen MR) is 69.7 cm³/mol. The lowest BCUT2D eigenvalue weighted by Gasteiger charge is -2.04. The van der Waals surface area contributed by atoms with Crippen LogP contribution < -0.4 is 5.76 Å². The van der Waals surface area contributed by atoms with Crippen molar-refractivity contribution in [3.63, 3.8) is 0 Å². The lowest BCUT2D eigenvalue weighted by atomic mass is 10.1. The van der Waals surface area contributed by atoms with Crippen LogP contribution in [0.1, 0.15) is 23.2 Å². The number of nitrogens with one attached hydrogen (secondary N) is 1. The summed E-state index contributed by atoms with van der Waals surface area (Å²) in [6.07, 6.45) is 2.26. The van der Waals surface area contributed by atoms with Gasteiger partial charge in [-0.1, -0.05) is 0 Å². The SMILES string of the molecule is O=C(C#CN1CCCC1)c1ccc2oc(=O)[nH]c2c1. The number of Topliss-reactive ketones (excluding diaryl/α,β-unsaturated/α-hetero) is 1. The monoisotopic (exact) mass is 256 g/mol. The number of hydrogen-bond donors (Lipinski definition) is 1. The number of benzene rings is 1. The average Bonchev–Trinajstić information content (AvgIpc) is 3.02. The number of aromatic amines is 1. The zero-order valence-electron chi connectivity index (χ0n) is 10.2. The first kappa shape index (κ1) is 11.6. The van der Waals surface area contributed by atoms with Gasteiger partial charge in [-0.3, -0.25) is 9.78 Å². The molecule has 0 amide bonds. The largest absolute Gasteiger partial charge is 0.417 e. The minimum Gasteiger partial charge on any atom is -0.408 e. The number of hydrogen-bond acceptors (Lipinski definition) is 4. The van der Waals surface area contributed by atoms with E-state index in [0.29, 0.717) is 16.7 Å². The Hall–Kier alpha value is -2.48. The van der Waals surface area contributed by atoms with Gasteiger partial charge in [0.05, 0.1) is 5.52 Å². The van der Waals surface area contributed by atoms with Gasteiger partial charge < -0.3 is 9.32 Å². The molecule has 1 aliphatic heterocycles. The lowest BCUT2D eigenvalue weighted by Crippen LogP contribution is -2.12. The maximum Gasteiger partial charge on any atom is 0.417 e. The smallest absolute Gasteiger partial charge is 0.408 e. The molecular formula is C14H12N2O3. The molecule has 0 bridgehead atoms. The van der Waals surface area contributed by atoms with Crippen LogP contribution in [0.3, 0.4) is 0 Å². The molecule has 2 heterocycles. The first-order valence-corrected chi connectivity index (χ1v) is 6.16. The summed E-state index contributed by atoms with van der Waals surface area (Å²) in [4.78, 5) is 27.4. The minimum absolute atomic E-state index is 0.254. The van der Waals surface area contributed by atoms with Crippen LogP contribution in [-0.2, 0) is 0 Å². The maximum absolute atomic E-state index is 11.9. The second-order valence-corrected chi connectivity index (χ2v) is 4.49. The van der Waals surface area contributed by atoms with Crippen molar-refractivity contribution in [3.05, 3.63) is 34.3 Å². The standard InChI is InChI=1S/C14H12N2O3/c17-12(5-8-16-6-1-2-7-16)10-3-4-13-11(9-10)15-14(18)19-13/h3-4,9H,1-2,6-7H2,(H,15,18). The number of rotatable bonds is 1. The van der Waals surface area contributed by atoms with Crippen LogP contribution >= 0.6 is 0 Å². The first-order chi connectivity index (χ1) is 9.22. The zero-order valence-corrected chi connectivity index (χ0v) is 10.2.